The van der Waals surface area contributed by atoms with Crippen LogP contribution in [0, 0.1) is 16.2 Å². The second-order valence-electron chi connectivity index (χ2n) is 22.3. The number of carbonyl (C=O) groups is 3. The van der Waals surface area contributed by atoms with E-state index in [0.717, 1.165) is 0 Å². The van der Waals surface area contributed by atoms with Crippen LogP contribution in [-0.4, -0.2) is 121 Å². The zero-order valence-corrected chi connectivity index (χ0v) is 56.8. The van der Waals surface area contributed by atoms with Gasteiger partial charge in [0.15, 0.2) is 0 Å². The van der Waals surface area contributed by atoms with Gasteiger partial charge in [-0.15, -0.1) is 0 Å². The number of aromatic nitrogens is 9. The van der Waals surface area contributed by atoms with E-state index in [1.54, 1.807) is 167 Å². The number of ether oxygens (including phenoxy) is 6. The highest BCUT2D eigenvalue weighted by Gasteiger charge is 2.22. The van der Waals surface area contributed by atoms with Crippen LogP contribution in [0.25, 0.3) is 50.0 Å². The van der Waals surface area contributed by atoms with Gasteiger partial charge in [0.05, 0.1) is 72.5 Å². The summed E-state index contributed by atoms with van der Waals surface area (Å²) in [4.78, 5) is 92.3. The summed E-state index contributed by atoms with van der Waals surface area (Å²) >= 11 is 0. The van der Waals surface area contributed by atoms with Gasteiger partial charge in [-0.1, -0.05) is 54.6 Å². The zero-order valence-electron chi connectivity index (χ0n) is 56.8. The number of nitrogens with one attached hydrogen (secondary N) is 6. The molecule has 0 aliphatic heterocycles. The Bertz CT molecular complexity index is 5000. The standard InChI is InChI=1S/3C23H23N5O4.C6H6/c3*1-3-32-16-9-7-15(8-10-16)25-22(29)17-14-18-21(28(20(17)24)12-13-31-2)26-19-6-4-5-11-27(19)23(18)30;1-2-4-6-5-3-1/h3*4-11,14,24H,3,12-13H2,1-2H3,(H,25,29);1-6H. The van der Waals surface area contributed by atoms with Crippen LogP contribution in [0.3, 0.4) is 0 Å². The van der Waals surface area contributed by atoms with E-state index in [2.05, 4.69) is 30.9 Å². The lowest BCUT2D eigenvalue weighted by atomic mass is 10.2. The lowest BCUT2D eigenvalue weighted by Crippen LogP contribution is -2.33. The van der Waals surface area contributed by atoms with Gasteiger partial charge in [0, 0.05) is 76.6 Å². The molecule has 0 bridgehead atoms. The van der Waals surface area contributed by atoms with Crippen molar-refractivity contribution in [2.24, 2.45) is 0 Å². The van der Waals surface area contributed by atoms with Gasteiger partial charge in [-0.05, 0) is 148 Å². The van der Waals surface area contributed by atoms with Gasteiger partial charge < -0.3 is 58.1 Å². The molecule has 0 saturated heterocycles. The fourth-order valence-corrected chi connectivity index (χ4v) is 10.8. The number of hydrogen-bond donors (Lipinski definition) is 6. The number of rotatable bonds is 21. The molecule has 13 rings (SSSR count). The summed E-state index contributed by atoms with van der Waals surface area (Å²) in [5, 5.41) is 35.0. The molecule has 0 fully saturated rings. The lowest BCUT2D eigenvalue weighted by Gasteiger charge is -2.14. The van der Waals surface area contributed by atoms with Crippen LogP contribution < -0.4 is 63.3 Å². The molecular formula is C75H75N15O12. The van der Waals surface area contributed by atoms with Crippen molar-refractivity contribution in [2.75, 3.05) is 76.9 Å². The normalized spacial score (nSPS) is 10.9. The van der Waals surface area contributed by atoms with Gasteiger partial charge >= 0.3 is 0 Å². The monoisotopic (exact) mass is 1380 g/mol. The largest absolute Gasteiger partial charge is 0.494 e. The number of anilines is 3. The third kappa shape index (κ3) is 16.7. The van der Waals surface area contributed by atoms with Crippen LogP contribution in [0.15, 0.2) is 215 Å². The Hall–Kier alpha value is -12.7. The van der Waals surface area contributed by atoms with E-state index in [9.17, 15) is 28.8 Å². The molecule has 0 unspecified atom stereocenters. The number of amides is 3. The number of nitrogens with zero attached hydrogens (tertiary/aromatic N) is 9. The van der Waals surface area contributed by atoms with Crippen molar-refractivity contribution in [3.8, 4) is 17.2 Å². The minimum atomic E-state index is -0.496. The number of pyridine rings is 6. The predicted molar refractivity (Wildman–Crippen MR) is 387 cm³/mol. The summed E-state index contributed by atoms with van der Waals surface area (Å²) < 4.78 is 40.6. The minimum Gasteiger partial charge on any atom is -0.494 e. The summed E-state index contributed by atoms with van der Waals surface area (Å²) in [6, 6.07) is 52.8. The smallest absolute Gasteiger partial charge is 0.267 e. The Morgan fingerprint density at radius 2 is 0.627 bits per heavy atom. The molecule has 27 nitrogen and oxygen atoms in total. The first-order valence-electron chi connectivity index (χ1n) is 32.5. The van der Waals surface area contributed by atoms with Gasteiger partial charge in [-0.2, -0.15) is 0 Å². The molecule has 3 amide bonds. The van der Waals surface area contributed by atoms with Gasteiger partial charge in [0.25, 0.3) is 34.4 Å². The Kier molecular flexibility index (Phi) is 24.1. The highest BCUT2D eigenvalue weighted by molar-refractivity contribution is 6.07. The van der Waals surface area contributed by atoms with E-state index in [-0.39, 0.29) is 85.6 Å². The molecule has 27 heteroatoms. The third-order valence-electron chi connectivity index (χ3n) is 15.7. The number of fused-ring (bicyclic) bond motifs is 6. The summed E-state index contributed by atoms with van der Waals surface area (Å²) in [6.45, 7) is 9.02. The van der Waals surface area contributed by atoms with Crippen molar-refractivity contribution in [3.05, 3.63) is 265 Å². The van der Waals surface area contributed by atoms with Gasteiger partial charge in [0.2, 0.25) is 0 Å². The maximum absolute atomic E-state index is 13.1. The Balaban J connectivity index is 0.000000158. The van der Waals surface area contributed by atoms with E-state index in [1.165, 1.54) is 45.1 Å². The SMILES string of the molecule is CCOc1ccc(NC(=O)c2cc3c(=O)n4ccccc4nc3n(CCOC)c2=N)cc1.CCOc1ccc(NC(=O)c2cc3c(=O)n4ccccc4nc3n(CCOC)c2=N)cc1.CCOc1ccc(NC(=O)c2cc3c(=O)n4ccccc4nc3n(CCOC)c2=N)cc1.c1ccccc1. The van der Waals surface area contributed by atoms with Crippen LogP contribution >= 0.6 is 0 Å². The number of methoxy groups -OCH3 is 3. The van der Waals surface area contributed by atoms with Crippen LogP contribution in [0.2, 0.25) is 0 Å². The molecule has 9 aromatic heterocycles. The first-order valence-corrected chi connectivity index (χ1v) is 32.5. The third-order valence-corrected chi connectivity index (χ3v) is 15.7. The molecule has 0 atom stereocenters. The Morgan fingerprint density at radius 1 is 0.373 bits per heavy atom. The molecule has 9 heterocycles. The van der Waals surface area contributed by atoms with Crippen LogP contribution in [0.5, 0.6) is 17.2 Å². The Morgan fingerprint density at radius 3 is 0.863 bits per heavy atom. The van der Waals surface area contributed by atoms with E-state index in [0.29, 0.717) is 108 Å². The Labute approximate surface area is 582 Å². The van der Waals surface area contributed by atoms with Crippen molar-refractivity contribution in [2.45, 2.75) is 40.4 Å². The summed E-state index contributed by atoms with van der Waals surface area (Å²) in [7, 11) is 4.64. The first-order chi connectivity index (χ1) is 49.6. The van der Waals surface area contributed by atoms with E-state index >= 15 is 0 Å². The average Bonchev–Trinajstić information content (AvgIpc) is 0.765. The molecule has 522 valence electrons. The highest BCUT2D eigenvalue weighted by atomic mass is 16.5. The van der Waals surface area contributed by atoms with Crippen molar-refractivity contribution in [3.63, 3.8) is 0 Å². The molecule has 0 spiro atoms. The second-order valence-corrected chi connectivity index (χ2v) is 22.3. The maximum atomic E-state index is 13.1. The summed E-state index contributed by atoms with van der Waals surface area (Å²) in [5.74, 6) is 0.599. The van der Waals surface area contributed by atoms with Gasteiger partial charge in [-0.25, -0.2) is 15.0 Å². The van der Waals surface area contributed by atoms with Gasteiger partial charge in [-0.3, -0.25) is 58.2 Å². The van der Waals surface area contributed by atoms with E-state index < -0.39 is 17.7 Å². The zero-order chi connectivity index (χ0) is 72.2. The predicted octanol–water partition coefficient (Wildman–Crippen LogP) is 8.96. The molecule has 13 aromatic rings. The molecule has 102 heavy (non-hydrogen) atoms. The van der Waals surface area contributed by atoms with Crippen molar-refractivity contribution < 1.29 is 42.8 Å². The molecule has 6 N–H and O–H groups in total. The molecule has 0 radical (unpaired) electrons. The fourth-order valence-electron chi connectivity index (χ4n) is 10.8. The minimum absolute atomic E-state index is 0.0508. The van der Waals surface area contributed by atoms with Crippen molar-refractivity contribution in [1.29, 1.82) is 16.2 Å². The molecule has 0 aliphatic rings. The average molecular weight is 1380 g/mol. The quantitative estimate of drug-likeness (QED) is 0.0366. The summed E-state index contributed by atoms with van der Waals surface area (Å²) in [5.41, 5.74) is 3.14. The van der Waals surface area contributed by atoms with Crippen molar-refractivity contribution in [1.82, 2.24) is 41.9 Å². The molecule has 4 aromatic carbocycles. The van der Waals surface area contributed by atoms with Crippen LogP contribution in [-0.2, 0) is 33.8 Å². The first kappa shape index (κ1) is 72.0. The van der Waals surface area contributed by atoms with Crippen molar-refractivity contribution >= 4 is 84.8 Å². The van der Waals surface area contributed by atoms with Crippen LogP contribution in [0.4, 0.5) is 17.1 Å². The molecule has 0 aliphatic carbocycles. The lowest BCUT2D eigenvalue weighted by molar-refractivity contribution is 0.101. The van der Waals surface area contributed by atoms with Gasteiger partial charge in [0.1, 0.15) is 67.6 Å². The number of carbonyl (C=O) groups excluding carboxylic acids is 3. The summed E-state index contributed by atoms with van der Waals surface area (Å²) in [6.07, 6.45) is 4.87. The van der Waals surface area contributed by atoms with Crippen LogP contribution in [0.1, 0.15) is 51.8 Å². The van der Waals surface area contributed by atoms with E-state index in [1.807, 2.05) is 57.2 Å². The highest BCUT2D eigenvalue weighted by Crippen LogP contribution is 2.21. The topological polar surface area (TPSA) is 332 Å². The molecular weight excluding hydrogens is 1300 g/mol. The fraction of sp³-hybridized carbons (Fsp3) is 0.200. The molecule has 0 saturated carbocycles. The second kappa shape index (κ2) is 34.2. The number of hydrogen-bond acceptors (Lipinski definition) is 18. The number of benzene rings is 4. The van der Waals surface area contributed by atoms with E-state index in [4.69, 9.17) is 44.6 Å². The maximum Gasteiger partial charge on any atom is 0.267 e.